The highest BCUT2D eigenvalue weighted by Gasteiger charge is 2.62. The van der Waals surface area contributed by atoms with E-state index in [9.17, 15) is 13.7 Å². The number of hydrogen-bond acceptors (Lipinski definition) is 8. The summed E-state index contributed by atoms with van der Waals surface area (Å²) in [7, 11) is -2.33. The molecule has 3 atom stereocenters. The second-order valence-electron chi connectivity index (χ2n) is 8.95. The molecule has 0 aromatic carbocycles. The predicted octanol–water partition coefficient (Wildman–Crippen LogP) is 2.91. The standard InChI is InChI=1S/C21H28F2N6O3S/c1-20(2)11-29(24)21(3,16-8-9-26-33(16,20)31)18-14(23)5-7-17(27-18)28-19(30)15-6-4-13(10-25-15)32-12-22/h4-7,10,16,26,31H,8-9,11-12,24H2,1-3H3,(H,27,28,30)/t16-,21+/m1/s1. The molecule has 4 rings (SSSR count). The first kappa shape index (κ1) is 23.8. The first-order chi connectivity index (χ1) is 15.5. The number of nitrogens with one attached hydrogen (secondary N) is 2. The minimum absolute atomic E-state index is 0.0533. The number of pyridine rings is 2. The Morgan fingerprint density at radius 2 is 2.15 bits per heavy atom. The minimum Gasteiger partial charge on any atom is -0.461 e. The van der Waals surface area contributed by atoms with Crippen LogP contribution in [0.1, 0.15) is 43.4 Å². The van der Waals surface area contributed by atoms with Crippen molar-refractivity contribution in [2.45, 2.75) is 42.7 Å². The van der Waals surface area contributed by atoms with Gasteiger partial charge >= 0.3 is 0 Å². The molecule has 4 heterocycles. The van der Waals surface area contributed by atoms with E-state index in [0.717, 1.165) is 0 Å². The van der Waals surface area contributed by atoms with Crippen molar-refractivity contribution < 1.29 is 22.9 Å². The summed E-state index contributed by atoms with van der Waals surface area (Å²) >= 11 is 0. The average Bonchev–Trinajstić information content (AvgIpc) is 3.18. The van der Waals surface area contributed by atoms with Gasteiger partial charge in [-0.1, -0.05) is 10.5 Å². The van der Waals surface area contributed by atoms with Crippen LogP contribution in [0.15, 0.2) is 30.5 Å². The van der Waals surface area contributed by atoms with Gasteiger partial charge in [0.05, 0.1) is 11.7 Å². The van der Waals surface area contributed by atoms with Gasteiger partial charge in [-0.25, -0.2) is 23.8 Å². The second-order valence-corrected chi connectivity index (χ2v) is 12.2. The Morgan fingerprint density at radius 3 is 2.82 bits per heavy atom. The van der Waals surface area contributed by atoms with Crippen LogP contribution in [-0.4, -0.2) is 55.4 Å². The van der Waals surface area contributed by atoms with Gasteiger partial charge < -0.3 is 14.6 Å². The van der Waals surface area contributed by atoms with Crippen LogP contribution in [0.4, 0.5) is 14.6 Å². The molecule has 2 aliphatic heterocycles. The fourth-order valence-corrected chi connectivity index (χ4v) is 8.16. The number of hydrazine groups is 1. The number of ether oxygens (including phenoxy) is 1. The summed E-state index contributed by atoms with van der Waals surface area (Å²) < 4.78 is 46.4. The van der Waals surface area contributed by atoms with Gasteiger partial charge in [-0.3, -0.25) is 15.4 Å². The Labute approximate surface area is 192 Å². The molecule has 0 spiro atoms. The zero-order chi connectivity index (χ0) is 24.0. The first-order valence-electron chi connectivity index (χ1n) is 10.5. The van der Waals surface area contributed by atoms with Crippen LogP contribution in [0.5, 0.6) is 5.75 Å². The molecule has 2 saturated heterocycles. The fourth-order valence-electron chi connectivity index (χ4n) is 4.67. The number of alkyl halides is 1. The molecule has 2 aromatic heterocycles. The molecule has 2 aliphatic rings. The summed E-state index contributed by atoms with van der Waals surface area (Å²) in [6.45, 7) is 5.59. The number of amides is 1. The molecule has 0 bridgehead atoms. The van der Waals surface area contributed by atoms with Crippen molar-refractivity contribution in [2.24, 2.45) is 5.84 Å². The first-order valence-corrected chi connectivity index (χ1v) is 12.1. The maximum atomic E-state index is 15.1. The topological polar surface area (TPSA) is 126 Å². The zero-order valence-corrected chi connectivity index (χ0v) is 19.5. The average molecular weight is 483 g/mol. The van der Waals surface area contributed by atoms with Crippen molar-refractivity contribution in [1.82, 2.24) is 19.7 Å². The monoisotopic (exact) mass is 482 g/mol. The van der Waals surface area contributed by atoms with Crippen molar-refractivity contribution in [1.29, 1.82) is 0 Å². The van der Waals surface area contributed by atoms with E-state index in [0.29, 0.717) is 19.5 Å². The van der Waals surface area contributed by atoms with Gasteiger partial charge in [0.1, 0.15) is 28.8 Å². The molecule has 1 amide bonds. The summed E-state index contributed by atoms with van der Waals surface area (Å²) in [5, 5.41) is 3.79. The van der Waals surface area contributed by atoms with E-state index < -0.39 is 39.4 Å². The van der Waals surface area contributed by atoms with Gasteiger partial charge in [0.25, 0.3) is 5.91 Å². The van der Waals surface area contributed by atoms with E-state index >= 15 is 4.39 Å². The molecule has 2 fully saturated rings. The Balaban J connectivity index is 1.65. The summed E-state index contributed by atoms with van der Waals surface area (Å²) in [6.07, 6.45) is 1.83. The smallest absolute Gasteiger partial charge is 0.275 e. The predicted molar refractivity (Wildman–Crippen MR) is 122 cm³/mol. The summed E-state index contributed by atoms with van der Waals surface area (Å²) in [6, 6.07) is 5.36. The van der Waals surface area contributed by atoms with Gasteiger partial charge in [-0.2, -0.15) is 0 Å². The number of rotatable bonds is 5. The molecule has 12 heteroatoms. The van der Waals surface area contributed by atoms with Crippen molar-refractivity contribution in [2.75, 3.05) is 25.3 Å². The molecule has 0 radical (unpaired) electrons. The lowest BCUT2D eigenvalue weighted by Crippen LogP contribution is -2.67. The molecule has 33 heavy (non-hydrogen) atoms. The van der Waals surface area contributed by atoms with E-state index in [1.165, 1.54) is 30.5 Å². The van der Waals surface area contributed by atoms with Gasteiger partial charge in [0.2, 0.25) is 6.86 Å². The molecule has 180 valence electrons. The van der Waals surface area contributed by atoms with Crippen LogP contribution in [-0.2, 0) is 5.54 Å². The summed E-state index contributed by atoms with van der Waals surface area (Å²) in [5.74, 6) is 5.60. The van der Waals surface area contributed by atoms with Crippen LogP contribution >= 0.6 is 10.5 Å². The number of aromatic nitrogens is 2. The van der Waals surface area contributed by atoms with Gasteiger partial charge in [0.15, 0.2) is 0 Å². The van der Waals surface area contributed by atoms with E-state index in [1.54, 1.807) is 11.9 Å². The van der Waals surface area contributed by atoms with Gasteiger partial charge in [-0.15, -0.1) is 0 Å². The van der Waals surface area contributed by atoms with Gasteiger partial charge in [-0.05, 0) is 51.5 Å². The molecular weight excluding hydrogens is 454 g/mol. The van der Waals surface area contributed by atoms with E-state index in [-0.39, 0.29) is 28.2 Å². The maximum Gasteiger partial charge on any atom is 0.275 e. The number of fused-ring (bicyclic) bond motifs is 1. The number of nitrogens with zero attached hydrogens (tertiary/aromatic N) is 3. The van der Waals surface area contributed by atoms with Crippen molar-refractivity contribution in [3.63, 3.8) is 0 Å². The lowest BCUT2D eigenvalue weighted by atomic mass is 9.88. The quantitative estimate of drug-likeness (QED) is 0.480. The Morgan fingerprint density at radius 1 is 1.39 bits per heavy atom. The second kappa shape index (κ2) is 8.44. The van der Waals surface area contributed by atoms with Crippen LogP contribution < -0.4 is 20.6 Å². The number of carbonyl (C=O) groups excluding carboxylic acids is 1. The van der Waals surface area contributed by atoms with Crippen LogP contribution in [0.2, 0.25) is 0 Å². The molecule has 1 unspecified atom stereocenters. The largest absolute Gasteiger partial charge is 0.461 e. The minimum atomic E-state index is -2.33. The van der Waals surface area contributed by atoms with Crippen molar-refractivity contribution in [3.8, 4) is 5.75 Å². The number of nitrogens with two attached hydrogens (primary N) is 1. The van der Waals surface area contributed by atoms with E-state index in [1.807, 2.05) is 13.8 Å². The highest BCUT2D eigenvalue weighted by molar-refractivity contribution is 8.29. The van der Waals surface area contributed by atoms with Gasteiger partial charge in [0, 0.05) is 23.1 Å². The fraction of sp³-hybridized carbons (Fsp3) is 0.476. The Bertz CT molecular complexity index is 1060. The summed E-state index contributed by atoms with van der Waals surface area (Å²) in [4.78, 5) is 21.0. The van der Waals surface area contributed by atoms with Crippen LogP contribution in [0.25, 0.3) is 0 Å². The molecule has 9 nitrogen and oxygen atoms in total. The molecule has 0 aliphatic carbocycles. The van der Waals surface area contributed by atoms with Crippen molar-refractivity contribution in [3.05, 3.63) is 47.7 Å². The number of carbonyl (C=O) groups is 1. The molecule has 2 aromatic rings. The number of hydrogen-bond donors (Lipinski definition) is 4. The lowest BCUT2D eigenvalue weighted by molar-refractivity contribution is 0.0645. The molecule has 5 N–H and O–H groups in total. The SMILES string of the molecule is CC1(C)CN(N)[C@](C)(c2nc(NC(=O)c3ccc(OCF)cn3)ccc2F)[C@H]2CCNS21O. The lowest BCUT2D eigenvalue weighted by Gasteiger charge is -2.61. The van der Waals surface area contributed by atoms with E-state index in [2.05, 4.69) is 24.7 Å². The Kier molecular flexibility index (Phi) is 6.08. The highest BCUT2D eigenvalue weighted by Crippen LogP contribution is 2.67. The summed E-state index contributed by atoms with van der Waals surface area (Å²) in [5.41, 5.74) is -0.992. The molecule has 0 saturated carbocycles. The van der Waals surface area contributed by atoms with Crippen LogP contribution in [0.3, 0.4) is 0 Å². The third-order valence-corrected chi connectivity index (χ3v) is 10.5. The number of halogens is 2. The van der Waals surface area contributed by atoms with E-state index in [4.69, 9.17) is 5.84 Å². The van der Waals surface area contributed by atoms with Crippen LogP contribution in [0, 0.1) is 5.82 Å². The highest BCUT2D eigenvalue weighted by atomic mass is 32.3. The third kappa shape index (κ3) is 3.85. The van der Waals surface area contributed by atoms with Crippen molar-refractivity contribution >= 4 is 22.2 Å². The Hall–Kier alpha value is -2.38. The maximum absolute atomic E-state index is 15.1. The number of anilines is 1. The zero-order valence-electron chi connectivity index (χ0n) is 18.6. The normalized spacial score (nSPS) is 30.8. The molecular formula is C21H28F2N6O3S. The third-order valence-electron chi connectivity index (χ3n) is 6.51.